The molecule has 0 radical (unpaired) electrons. The van der Waals surface area contributed by atoms with Gasteiger partial charge in [0.15, 0.2) is 0 Å². The molecule has 0 aromatic heterocycles. The number of esters is 2. The number of carbonyl (C=O) groups is 3. The first kappa shape index (κ1) is 41.1. The van der Waals surface area contributed by atoms with Crippen LogP contribution in [0.3, 0.4) is 0 Å². The van der Waals surface area contributed by atoms with Crippen LogP contribution in [0.1, 0.15) is 163 Å². The second-order valence-electron chi connectivity index (χ2n) is 12.5. The summed E-state index contributed by atoms with van der Waals surface area (Å²) in [7, 11) is 0. The molecule has 8 nitrogen and oxygen atoms in total. The van der Waals surface area contributed by atoms with Gasteiger partial charge in [-0.25, -0.2) is 0 Å². The predicted molar refractivity (Wildman–Crippen MR) is 174 cm³/mol. The summed E-state index contributed by atoms with van der Waals surface area (Å²) in [6.07, 6.45) is 23.0. The van der Waals surface area contributed by atoms with Gasteiger partial charge < -0.3 is 25.0 Å². The molecule has 3 N–H and O–H groups in total. The molecule has 0 saturated heterocycles. The van der Waals surface area contributed by atoms with Crippen LogP contribution in [0.5, 0.6) is 0 Å². The van der Waals surface area contributed by atoms with E-state index in [2.05, 4.69) is 19.2 Å². The number of amides is 1. The van der Waals surface area contributed by atoms with E-state index in [0.29, 0.717) is 12.8 Å². The fourth-order valence-corrected chi connectivity index (χ4v) is 4.83. The van der Waals surface area contributed by atoms with Gasteiger partial charge in [0.05, 0.1) is 25.0 Å². The highest BCUT2D eigenvalue weighted by Gasteiger charge is 2.24. The van der Waals surface area contributed by atoms with Gasteiger partial charge in [0.2, 0.25) is 5.91 Å². The highest BCUT2D eigenvalue weighted by molar-refractivity contribution is 5.78. The quantitative estimate of drug-likeness (QED) is 0.0455. The van der Waals surface area contributed by atoms with Crippen LogP contribution in [0.25, 0.3) is 0 Å². The van der Waals surface area contributed by atoms with E-state index in [0.717, 1.165) is 51.4 Å². The van der Waals surface area contributed by atoms with Crippen LogP contribution in [0.2, 0.25) is 0 Å². The number of carbonyl (C=O) groups excluding carboxylic acids is 3. The third kappa shape index (κ3) is 26.2. The van der Waals surface area contributed by atoms with Crippen LogP contribution in [0.4, 0.5) is 0 Å². The third-order valence-corrected chi connectivity index (χ3v) is 7.63. The summed E-state index contributed by atoms with van der Waals surface area (Å²) in [6.45, 7) is 7.49. The van der Waals surface area contributed by atoms with Gasteiger partial charge in [-0.2, -0.15) is 0 Å². The van der Waals surface area contributed by atoms with Crippen molar-refractivity contribution < 1.29 is 34.1 Å². The van der Waals surface area contributed by atoms with Crippen LogP contribution in [-0.4, -0.2) is 59.0 Å². The summed E-state index contributed by atoms with van der Waals surface area (Å²) in [5, 5.41) is 22.7. The number of ether oxygens (including phenoxy) is 2. The minimum atomic E-state index is -0.992. The molecule has 252 valence electrons. The maximum Gasteiger partial charge on any atom is 0.306 e. The zero-order valence-electron chi connectivity index (χ0n) is 28.0. The molecule has 43 heavy (non-hydrogen) atoms. The lowest BCUT2D eigenvalue weighted by Gasteiger charge is -2.24. The average molecular weight is 612 g/mol. The summed E-state index contributed by atoms with van der Waals surface area (Å²) in [5.41, 5.74) is -0.814. The number of nitrogens with one attached hydrogen (secondary N) is 1. The summed E-state index contributed by atoms with van der Waals surface area (Å²) < 4.78 is 10.6. The van der Waals surface area contributed by atoms with Crippen LogP contribution < -0.4 is 5.32 Å². The summed E-state index contributed by atoms with van der Waals surface area (Å²) >= 11 is 0. The molecule has 0 fully saturated rings. The first-order valence-corrected chi connectivity index (χ1v) is 17.3. The fraction of sp³-hybridized carbons (Fsp3) is 0.857. The van der Waals surface area contributed by atoms with Crippen molar-refractivity contribution >= 4 is 17.8 Å². The van der Waals surface area contributed by atoms with E-state index in [1.54, 1.807) is 19.9 Å². The summed E-state index contributed by atoms with van der Waals surface area (Å²) in [5.74, 6) is -1.33. The van der Waals surface area contributed by atoms with E-state index in [4.69, 9.17) is 14.6 Å². The first-order valence-electron chi connectivity index (χ1n) is 17.3. The Morgan fingerprint density at radius 1 is 0.744 bits per heavy atom. The Balaban J connectivity index is 4.59. The van der Waals surface area contributed by atoms with E-state index in [1.165, 1.54) is 57.8 Å². The third-order valence-electron chi connectivity index (χ3n) is 7.63. The lowest BCUT2D eigenvalue weighted by molar-refractivity contribution is -0.160. The Bertz CT molecular complexity index is 738. The molecule has 0 unspecified atom stereocenters. The standard InChI is InChI=1S/C35H65NO7/c1-5-7-9-11-12-13-14-15-16-17-18-20-21-23-31(38)30(36-32(39)24-22-19-10-8-6-2)29-42-33(40)25-26-34(41)43-35(3,4)27-28-37/h21,23,30-31,37-38H,5-20,22,24-29H2,1-4H3,(H,36,39)/b23-21+/t30-,31+/m0/s1. The first-order chi connectivity index (χ1) is 20.6. The Morgan fingerprint density at radius 3 is 1.81 bits per heavy atom. The van der Waals surface area contributed by atoms with E-state index in [9.17, 15) is 19.5 Å². The van der Waals surface area contributed by atoms with Crippen LogP contribution in [-0.2, 0) is 23.9 Å². The van der Waals surface area contributed by atoms with Gasteiger partial charge in [-0.1, -0.05) is 116 Å². The molecule has 0 bridgehead atoms. The monoisotopic (exact) mass is 611 g/mol. The molecule has 0 heterocycles. The van der Waals surface area contributed by atoms with Crippen molar-refractivity contribution in [2.24, 2.45) is 0 Å². The number of unbranched alkanes of at least 4 members (excludes halogenated alkanes) is 15. The molecule has 0 aromatic carbocycles. The number of hydrogen-bond acceptors (Lipinski definition) is 7. The molecule has 8 heteroatoms. The smallest absolute Gasteiger partial charge is 0.306 e. The molecule has 0 aliphatic rings. The van der Waals surface area contributed by atoms with Gasteiger partial charge in [-0.3, -0.25) is 14.4 Å². The van der Waals surface area contributed by atoms with Gasteiger partial charge in [-0.05, 0) is 33.1 Å². The van der Waals surface area contributed by atoms with Crippen molar-refractivity contribution in [2.75, 3.05) is 13.2 Å². The number of aliphatic hydroxyl groups is 2. The van der Waals surface area contributed by atoms with Gasteiger partial charge in [0.25, 0.3) is 0 Å². The topological polar surface area (TPSA) is 122 Å². The van der Waals surface area contributed by atoms with Crippen LogP contribution in [0, 0.1) is 0 Å². The Hall–Kier alpha value is -1.93. The van der Waals surface area contributed by atoms with Gasteiger partial charge in [0, 0.05) is 19.4 Å². The van der Waals surface area contributed by atoms with E-state index in [-0.39, 0.29) is 32.0 Å². The molecule has 0 aliphatic heterocycles. The lowest BCUT2D eigenvalue weighted by Crippen LogP contribution is -2.46. The Labute approximate surface area is 262 Å². The molecule has 0 aromatic rings. The highest BCUT2D eigenvalue weighted by Crippen LogP contribution is 2.16. The van der Waals surface area contributed by atoms with Crippen molar-refractivity contribution in [3.8, 4) is 0 Å². The molecule has 0 saturated carbocycles. The van der Waals surface area contributed by atoms with E-state index < -0.39 is 29.7 Å². The molecule has 0 aliphatic carbocycles. The molecule has 1 amide bonds. The Kier molecular flexibility index (Phi) is 26.4. The summed E-state index contributed by atoms with van der Waals surface area (Å²) in [6, 6.07) is -0.767. The lowest BCUT2D eigenvalue weighted by atomic mass is 10.0. The maximum atomic E-state index is 12.6. The van der Waals surface area contributed by atoms with Crippen molar-refractivity contribution in [2.45, 2.75) is 180 Å². The van der Waals surface area contributed by atoms with Gasteiger partial charge in [-0.15, -0.1) is 0 Å². The van der Waals surface area contributed by atoms with Gasteiger partial charge in [0.1, 0.15) is 12.2 Å². The summed E-state index contributed by atoms with van der Waals surface area (Å²) in [4.78, 5) is 37.0. The molecular formula is C35H65NO7. The maximum absolute atomic E-state index is 12.6. The number of rotatable bonds is 29. The number of allylic oxidation sites excluding steroid dienone is 1. The highest BCUT2D eigenvalue weighted by atomic mass is 16.6. The van der Waals surface area contributed by atoms with Crippen molar-refractivity contribution in [3.05, 3.63) is 12.2 Å². The minimum absolute atomic E-state index is 0.107. The van der Waals surface area contributed by atoms with E-state index >= 15 is 0 Å². The van der Waals surface area contributed by atoms with Crippen LogP contribution in [0.15, 0.2) is 12.2 Å². The normalized spacial score (nSPS) is 13.2. The van der Waals surface area contributed by atoms with Crippen molar-refractivity contribution in [1.82, 2.24) is 5.32 Å². The number of aliphatic hydroxyl groups excluding tert-OH is 2. The SMILES string of the molecule is CCCCCCCCCCCCC/C=C/[C@@H](O)[C@H](COC(=O)CCC(=O)OC(C)(C)CCO)NC(=O)CCCCCCC. The fourth-order valence-electron chi connectivity index (χ4n) is 4.83. The Morgan fingerprint density at radius 2 is 1.26 bits per heavy atom. The van der Waals surface area contributed by atoms with Crippen molar-refractivity contribution in [3.63, 3.8) is 0 Å². The second-order valence-corrected chi connectivity index (χ2v) is 12.5. The predicted octanol–water partition coefficient (Wildman–Crippen LogP) is 7.48. The largest absolute Gasteiger partial charge is 0.463 e. The van der Waals surface area contributed by atoms with Crippen molar-refractivity contribution in [1.29, 1.82) is 0 Å². The van der Waals surface area contributed by atoms with Crippen LogP contribution >= 0.6 is 0 Å². The van der Waals surface area contributed by atoms with Gasteiger partial charge >= 0.3 is 11.9 Å². The number of hydrogen-bond donors (Lipinski definition) is 3. The molecule has 0 spiro atoms. The van der Waals surface area contributed by atoms with E-state index in [1.807, 2.05) is 6.08 Å². The zero-order chi connectivity index (χ0) is 32.2. The zero-order valence-corrected chi connectivity index (χ0v) is 28.0. The second kappa shape index (κ2) is 27.6. The molecule has 2 atom stereocenters. The molecule has 0 rings (SSSR count). The average Bonchev–Trinajstić information content (AvgIpc) is 2.96. The minimum Gasteiger partial charge on any atom is -0.463 e. The molecular weight excluding hydrogens is 546 g/mol.